The number of carbonyl (C=O) groups is 2. The number of hydrogen-bond donors (Lipinski definition) is 1. The number of rotatable bonds is 9. The Bertz CT molecular complexity index is 1330. The van der Waals surface area contributed by atoms with Crippen molar-refractivity contribution in [1.82, 2.24) is 10.2 Å². The number of benzene rings is 3. The number of likely N-dealkylation sites (N-methyl/N-ethyl adjacent to an activating group) is 1. The summed E-state index contributed by atoms with van der Waals surface area (Å²) in [4.78, 5) is 27.6. The van der Waals surface area contributed by atoms with Crippen LogP contribution in [0.5, 0.6) is 0 Å². The molecule has 0 spiro atoms. The van der Waals surface area contributed by atoms with E-state index in [0.29, 0.717) is 16.3 Å². The zero-order valence-corrected chi connectivity index (χ0v) is 23.3. The summed E-state index contributed by atoms with van der Waals surface area (Å²) < 4.78 is 29.2. The van der Waals surface area contributed by atoms with E-state index in [9.17, 15) is 18.0 Å². The second-order valence-corrected chi connectivity index (χ2v) is 11.5. The van der Waals surface area contributed by atoms with Gasteiger partial charge in [0, 0.05) is 23.1 Å². The molecule has 7 nitrogen and oxygen atoms in total. The molecule has 0 saturated carbocycles. The molecule has 1 atom stereocenters. The highest BCUT2D eigenvalue weighted by Crippen LogP contribution is 2.26. The van der Waals surface area contributed by atoms with Crippen molar-refractivity contribution in [3.05, 3.63) is 93.4 Å². The van der Waals surface area contributed by atoms with Gasteiger partial charge in [-0.25, -0.2) is 8.42 Å². The van der Waals surface area contributed by atoms with Crippen LogP contribution >= 0.6 is 27.5 Å². The van der Waals surface area contributed by atoms with Crippen LogP contribution in [0, 0.1) is 6.92 Å². The van der Waals surface area contributed by atoms with Gasteiger partial charge in [0.1, 0.15) is 12.6 Å². The van der Waals surface area contributed by atoms with E-state index >= 15 is 0 Å². The highest BCUT2D eigenvalue weighted by Gasteiger charge is 2.32. The zero-order chi connectivity index (χ0) is 26.5. The van der Waals surface area contributed by atoms with Gasteiger partial charge in [0.15, 0.2) is 0 Å². The van der Waals surface area contributed by atoms with Gasteiger partial charge in [-0.1, -0.05) is 57.4 Å². The molecule has 0 unspecified atom stereocenters. The molecule has 3 aromatic rings. The van der Waals surface area contributed by atoms with Gasteiger partial charge in [0.2, 0.25) is 11.8 Å². The summed E-state index contributed by atoms with van der Waals surface area (Å²) in [7, 11) is -2.61. The average molecular weight is 593 g/mol. The Morgan fingerprint density at radius 1 is 1.03 bits per heavy atom. The first-order valence-electron chi connectivity index (χ1n) is 11.1. The third-order valence-electron chi connectivity index (χ3n) is 5.66. The second-order valence-electron chi connectivity index (χ2n) is 8.24. The van der Waals surface area contributed by atoms with Gasteiger partial charge in [-0.3, -0.25) is 13.9 Å². The molecule has 0 bridgehead atoms. The van der Waals surface area contributed by atoms with Crippen molar-refractivity contribution in [1.29, 1.82) is 0 Å². The fraction of sp³-hybridized carbons (Fsp3) is 0.231. The van der Waals surface area contributed by atoms with E-state index in [-0.39, 0.29) is 17.3 Å². The van der Waals surface area contributed by atoms with Crippen molar-refractivity contribution in [2.75, 3.05) is 17.9 Å². The molecule has 3 aromatic carbocycles. The van der Waals surface area contributed by atoms with Gasteiger partial charge in [0.05, 0.1) is 10.6 Å². The third kappa shape index (κ3) is 6.66. The minimum absolute atomic E-state index is 0.0598. The summed E-state index contributed by atoms with van der Waals surface area (Å²) in [5.41, 5.74) is 1.94. The molecular formula is C26H27BrClN3O4S. The van der Waals surface area contributed by atoms with Crippen molar-refractivity contribution in [3.8, 4) is 0 Å². The first kappa shape index (κ1) is 27.7. The summed E-state index contributed by atoms with van der Waals surface area (Å²) in [6, 6.07) is 19.2. The van der Waals surface area contributed by atoms with Crippen molar-refractivity contribution >= 4 is 55.1 Å². The number of hydrogen-bond acceptors (Lipinski definition) is 4. The van der Waals surface area contributed by atoms with E-state index < -0.39 is 28.5 Å². The summed E-state index contributed by atoms with van der Waals surface area (Å²) >= 11 is 9.48. The Labute approximate surface area is 225 Å². The van der Waals surface area contributed by atoms with Crippen LogP contribution in [0.25, 0.3) is 0 Å². The molecule has 3 rings (SSSR count). The summed E-state index contributed by atoms with van der Waals surface area (Å²) in [6.07, 6.45) is 0. The topological polar surface area (TPSA) is 86.8 Å². The number of nitrogens with zero attached hydrogens (tertiary/aromatic N) is 2. The van der Waals surface area contributed by atoms with Crippen LogP contribution in [0.3, 0.4) is 0 Å². The number of carbonyl (C=O) groups excluding carboxylic acids is 2. The first-order chi connectivity index (χ1) is 17.0. The number of anilines is 1. The standard InChI is InChI=1S/C26H27BrClN3O4S/c1-18-7-13-24(14-8-18)36(34,35)31(23-11-9-21(27)10-12-23)17-25(32)30(19(2)26(33)29-3)16-20-5-4-6-22(28)15-20/h4-15,19H,16-17H2,1-3H3,(H,29,33)/t19-/m0/s1. The van der Waals surface area contributed by atoms with Crippen molar-refractivity contribution < 1.29 is 18.0 Å². The van der Waals surface area contributed by atoms with Gasteiger partial charge >= 0.3 is 0 Å². The monoisotopic (exact) mass is 591 g/mol. The maximum Gasteiger partial charge on any atom is 0.264 e. The van der Waals surface area contributed by atoms with Gasteiger partial charge in [-0.05, 0) is 67.9 Å². The molecule has 0 saturated heterocycles. The highest BCUT2D eigenvalue weighted by atomic mass is 79.9. The van der Waals surface area contributed by atoms with Crippen LogP contribution in [0.1, 0.15) is 18.1 Å². The average Bonchev–Trinajstić information content (AvgIpc) is 2.85. The van der Waals surface area contributed by atoms with Crippen LogP contribution in [0.2, 0.25) is 5.02 Å². The Morgan fingerprint density at radius 2 is 1.67 bits per heavy atom. The van der Waals surface area contributed by atoms with Crippen LogP contribution < -0.4 is 9.62 Å². The smallest absolute Gasteiger partial charge is 0.264 e. The van der Waals surface area contributed by atoms with E-state index in [0.717, 1.165) is 14.3 Å². The minimum atomic E-state index is -4.09. The minimum Gasteiger partial charge on any atom is -0.357 e. The van der Waals surface area contributed by atoms with E-state index in [1.165, 1.54) is 24.1 Å². The van der Waals surface area contributed by atoms with E-state index in [2.05, 4.69) is 21.2 Å². The van der Waals surface area contributed by atoms with Crippen LogP contribution in [-0.2, 0) is 26.2 Å². The Hall–Kier alpha value is -2.88. The van der Waals surface area contributed by atoms with Crippen LogP contribution in [0.4, 0.5) is 5.69 Å². The highest BCUT2D eigenvalue weighted by molar-refractivity contribution is 9.10. The number of amides is 2. The maximum atomic E-state index is 13.7. The third-order valence-corrected chi connectivity index (χ3v) is 8.21. The predicted molar refractivity (Wildman–Crippen MR) is 145 cm³/mol. The molecule has 0 radical (unpaired) electrons. The molecule has 2 amide bonds. The lowest BCUT2D eigenvalue weighted by Crippen LogP contribution is -2.50. The fourth-order valence-electron chi connectivity index (χ4n) is 3.60. The molecule has 0 aliphatic carbocycles. The zero-order valence-electron chi connectivity index (χ0n) is 20.1. The summed E-state index contributed by atoms with van der Waals surface area (Å²) in [5.74, 6) is -0.911. The Kier molecular flexibility index (Phi) is 9.16. The van der Waals surface area contributed by atoms with E-state index in [1.807, 2.05) is 6.92 Å². The molecule has 0 aliphatic rings. The van der Waals surface area contributed by atoms with Gasteiger partial charge < -0.3 is 10.2 Å². The number of sulfonamides is 1. The number of aryl methyl sites for hydroxylation is 1. The quantitative estimate of drug-likeness (QED) is 0.388. The molecule has 0 aliphatic heterocycles. The molecule has 0 aromatic heterocycles. The van der Waals surface area contributed by atoms with Gasteiger partial charge in [-0.2, -0.15) is 0 Å². The lowest BCUT2D eigenvalue weighted by atomic mass is 10.1. The molecule has 190 valence electrons. The van der Waals surface area contributed by atoms with E-state index in [1.54, 1.807) is 67.6 Å². The maximum absolute atomic E-state index is 13.7. The fourth-order valence-corrected chi connectivity index (χ4v) is 5.49. The lowest BCUT2D eigenvalue weighted by Gasteiger charge is -2.31. The molecule has 1 N–H and O–H groups in total. The van der Waals surface area contributed by atoms with Gasteiger partial charge in [0.25, 0.3) is 10.0 Å². The van der Waals surface area contributed by atoms with Crippen molar-refractivity contribution in [3.63, 3.8) is 0 Å². The molecule has 0 fully saturated rings. The first-order valence-corrected chi connectivity index (χ1v) is 13.7. The largest absolute Gasteiger partial charge is 0.357 e. The molecular weight excluding hydrogens is 566 g/mol. The van der Waals surface area contributed by atoms with E-state index in [4.69, 9.17) is 11.6 Å². The van der Waals surface area contributed by atoms with Gasteiger partial charge in [-0.15, -0.1) is 0 Å². The van der Waals surface area contributed by atoms with Crippen molar-refractivity contribution in [2.24, 2.45) is 0 Å². The lowest BCUT2D eigenvalue weighted by molar-refractivity contribution is -0.139. The second kappa shape index (κ2) is 11.9. The molecule has 0 heterocycles. The number of nitrogens with one attached hydrogen (secondary N) is 1. The number of halogens is 2. The molecule has 10 heteroatoms. The summed E-state index contributed by atoms with van der Waals surface area (Å²) in [5, 5.41) is 3.05. The predicted octanol–water partition coefficient (Wildman–Crippen LogP) is 4.77. The van der Waals surface area contributed by atoms with Crippen molar-refractivity contribution in [2.45, 2.75) is 31.3 Å². The summed E-state index contributed by atoms with van der Waals surface area (Å²) in [6.45, 7) is 3.03. The van der Waals surface area contributed by atoms with Crippen LogP contribution in [0.15, 0.2) is 82.2 Å². The SMILES string of the molecule is CNC(=O)[C@H](C)N(Cc1cccc(Cl)c1)C(=O)CN(c1ccc(Br)cc1)S(=O)(=O)c1ccc(C)cc1. The Morgan fingerprint density at radius 3 is 2.25 bits per heavy atom. The van der Waals surface area contributed by atoms with Crippen LogP contribution in [-0.4, -0.2) is 44.8 Å². The Balaban J connectivity index is 2.02. The molecule has 36 heavy (non-hydrogen) atoms. The normalized spacial score (nSPS) is 12.0.